The van der Waals surface area contributed by atoms with Gasteiger partial charge in [-0.15, -0.1) is 0 Å². The van der Waals surface area contributed by atoms with Crippen molar-refractivity contribution >= 4 is 0 Å². The fourth-order valence-corrected chi connectivity index (χ4v) is 3.18. The molecule has 1 aliphatic rings. The van der Waals surface area contributed by atoms with Crippen molar-refractivity contribution in [1.29, 1.82) is 0 Å². The number of hydrogen-bond acceptors (Lipinski definition) is 2. The lowest BCUT2D eigenvalue weighted by molar-refractivity contribution is 0.260. The molecule has 3 nitrogen and oxygen atoms in total. The van der Waals surface area contributed by atoms with Crippen LogP contribution in [0.2, 0.25) is 0 Å². The van der Waals surface area contributed by atoms with Gasteiger partial charge in [-0.3, -0.25) is 4.68 Å². The second-order valence-corrected chi connectivity index (χ2v) is 5.84. The van der Waals surface area contributed by atoms with Crippen LogP contribution in [-0.2, 0) is 24.8 Å². The topological polar surface area (TPSA) is 29.9 Å². The summed E-state index contributed by atoms with van der Waals surface area (Å²) < 4.78 is 16.3. The number of aryl methyl sites for hydroxylation is 2. The lowest BCUT2D eigenvalue weighted by Crippen LogP contribution is -2.58. The van der Waals surface area contributed by atoms with Gasteiger partial charge in [0.25, 0.3) is 0 Å². The van der Waals surface area contributed by atoms with Crippen molar-refractivity contribution in [3.05, 3.63) is 53.1 Å². The van der Waals surface area contributed by atoms with Crippen LogP contribution in [0.25, 0.3) is 0 Å². The number of benzene rings is 1. The van der Waals surface area contributed by atoms with Gasteiger partial charge in [0.05, 0.1) is 5.69 Å². The molecule has 0 saturated carbocycles. The third-order valence-corrected chi connectivity index (χ3v) is 4.47. The van der Waals surface area contributed by atoms with Gasteiger partial charge < -0.3 is 5.32 Å². The van der Waals surface area contributed by atoms with E-state index in [1.165, 1.54) is 5.69 Å². The molecule has 0 radical (unpaired) electrons. The average molecular weight is 287 g/mol. The quantitative estimate of drug-likeness (QED) is 0.916. The Morgan fingerprint density at radius 1 is 1.29 bits per heavy atom. The van der Waals surface area contributed by atoms with Crippen LogP contribution in [0.5, 0.6) is 0 Å². The first-order chi connectivity index (χ1) is 10.2. The van der Waals surface area contributed by atoms with Gasteiger partial charge in [-0.25, -0.2) is 4.39 Å². The summed E-state index contributed by atoms with van der Waals surface area (Å²) in [7, 11) is 0. The number of halogens is 1. The molecule has 0 atom stereocenters. The van der Waals surface area contributed by atoms with Crippen molar-refractivity contribution < 1.29 is 4.39 Å². The molecule has 112 valence electrons. The van der Waals surface area contributed by atoms with Gasteiger partial charge in [0.2, 0.25) is 0 Å². The average Bonchev–Trinajstić information content (AvgIpc) is 2.86. The van der Waals surface area contributed by atoms with Crippen LogP contribution in [0, 0.1) is 5.82 Å². The summed E-state index contributed by atoms with van der Waals surface area (Å²) in [5, 5.41) is 7.92. The zero-order valence-electron chi connectivity index (χ0n) is 12.7. The largest absolute Gasteiger partial charge is 0.315 e. The van der Waals surface area contributed by atoms with E-state index in [1.54, 1.807) is 12.1 Å². The summed E-state index contributed by atoms with van der Waals surface area (Å²) in [6, 6.07) is 9.33. The highest BCUT2D eigenvalue weighted by Gasteiger charge is 2.41. The van der Waals surface area contributed by atoms with Gasteiger partial charge in [0.15, 0.2) is 0 Å². The molecule has 0 unspecified atom stereocenters. The van der Waals surface area contributed by atoms with Crippen molar-refractivity contribution in [2.45, 2.75) is 38.6 Å². The molecule has 3 rings (SSSR count). The third-order valence-electron chi connectivity index (χ3n) is 4.47. The van der Waals surface area contributed by atoms with E-state index < -0.39 is 0 Å². The van der Waals surface area contributed by atoms with Gasteiger partial charge in [-0.05, 0) is 31.0 Å². The number of hydrogen-bond donors (Lipinski definition) is 1. The van der Waals surface area contributed by atoms with E-state index in [0.717, 1.165) is 43.7 Å². The predicted octanol–water partition coefficient (Wildman–Crippen LogP) is 2.69. The summed E-state index contributed by atoms with van der Waals surface area (Å²) in [4.78, 5) is 0. The van der Waals surface area contributed by atoms with Gasteiger partial charge >= 0.3 is 0 Å². The summed E-state index contributed by atoms with van der Waals surface area (Å²) in [5.74, 6) is -0.0997. The molecule has 1 aromatic heterocycles. The second kappa shape index (κ2) is 5.60. The molecular formula is C17H22FN3. The van der Waals surface area contributed by atoms with Crippen molar-refractivity contribution in [2.24, 2.45) is 0 Å². The van der Waals surface area contributed by atoms with Crippen LogP contribution < -0.4 is 5.32 Å². The first kappa shape index (κ1) is 14.3. The Bertz CT molecular complexity index is 629. The van der Waals surface area contributed by atoms with E-state index in [0.29, 0.717) is 0 Å². The van der Waals surface area contributed by atoms with E-state index in [-0.39, 0.29) is 11.2 Å². The highest BCUT2D eigenvalue weighted by Crippen LogP contribution is 2.34. The normalized spacial score (nSPS) is 16.7. The van der Waals surface area contributed by atoms with E-state index >= 15 is 0 Å². The molecular weight excluding hydrogens is 265 g/mol. The fourth-order valence-electron chi connectivity index (χ4n) is 3.18. The van der Waals surface area contributed by atoms with Gasteiger partial charge in [0, 0.05) is 37.2 Å². The Balaban J connectivity index is 1.95. The summed E-state index contributed by atoms with van der Waals surface area (Å²) >= 11 is 0. The van der Waals surface area contributed by atoms with Crippen molar-refractivity contribution in [2.75, 3.05) is 13.1 Å². The zero-order valence-corrected chi connectivity index (χ0v) is 12.7. The molecule has 1 N–H and O–H groups in total. The van der Waals surface area contributed by atoms with Crippen molar-refractivity contribution in [3.63, 3.8) is 0 Å². The van der Waals surface area contributed by atoms with Gasteiger partial charge in [0.1, 0.15) is 5.82 Å². The Morgan fingerprint density at radius 2 is 2.05 bits per heavy atom. The molecule has 1 saturated heterocycles. The number of aromatic nitrogens is 2. The minimum atomic E-state index is -0.136. The van der Waals surface area contributed by atoms with Crippen LogP contribution in [0.3, 0.4) is 0 Å². The predicted molar refractivity (Wildman–Crippen MR) is 81.9 cm³/mol. The Morgan fingerprint density at radius 3 is 2.62 bits per heavy atom. The molecule has 0 spiro atoms. The second-order valence-electron chi connectivity index (χ2n) is 5.84. The lowest BCUT2D eigenvalue weighted by Gasteiger charge is -2.43. The first-order valence-corrected chi connectivity index (χ1v) is 7.70. The fraction of sp³-hybridized carbons (Fsp3) is 0.471. The van der Waals surface area contributed by atoms with Crippen molar-refractivity contribution in [3.8, 4) is 0 Å². The minimum absolute atomic E-state index is 0.0997. The van der Waals surface area contributed by atoms with Crippen LogP contribution in [0.4, 0.5) is 4.39 Å². The summed E-state index contributed by atoms with van der Waals surface area (Å²) in [5.41, 5.74) is 3.01. The molecule has 4 heteroatoms. The third kappa shape index (κ3) is 2.48. The lowest BCUT2D eigenvalue weighted by atomic mass is 9.71. The number of rotatable bonds is 5. The van der Waals surface area contributed by atoms with E-state index in [1.807, 2.05) is 12.1 Å². The Kier molecular flexibility index (Phi) is 3.81. The zero-order chi connectivity index (χ0) is 14.9. The molecule has 1 aromatic carbocycles. The van der Waals surface area contributed by atoms with Gasteiger partial charge in [-0.2, -0.15) is 5.10 Å². The Labute approximate surface area is 125 Å². The maximum absolute atomic E-state index is 14.2. The molecule has 1 aliphatic heterocycles. The molecule has 2 heterocycles. The molecule has 0 bridgehead atoms. The monoisotopic (exact) mass is 287 g/mol. The van der Waals surface area contributed by atoms with Crippen LogP contribution in [-0.4, -0.2) is 22.9 Å². The number of nitrogens with zero attached hydrogens (tertiary/aromatic N) is 2. The maximum Gasteiger partial charge on any atom is 0.127 e. The molecule has 2 aromatic rings. The van der Waals surface area contributed by atoms with E-state index in [9.17, 15) is 4.39 Å². The van der Waals surface area contributed by atoms with Gasteiger partial charge in [-0.1, -0.05) is 25.1 Å². The minimum Gasteiger partial charge on any atom is -0.315 e. The molecule has 21 heavy (non-hydrogen) atoms. The molecule has 1 fully saturated rings. The first-order valence-electron chi connectivity index (χ1n) is 7.70. The number of nitrogens with one attached hydrogen (secondary N) is 1. The van der Waals surface area contributed by atoms with Crippen LogP contribution in [0.15, 0.2) is 30.3 Å². The highest BCUT2D eigenvalue weighted by atomic mass is 19.1. The highest BCUT2D eigenvalue weighted by molar-refractivity contribution is 5.33. The summed E-state index contributed by atoms with van der Waals surface area (Å²) in [6.07, 6.45) is 1.77. The molecule has 0 amide bonds. The smallest absolute Gasteiger partial charge is 0.127 e. The SMILES string of the molecule is CCc1cc(CC2(c3ccccc3F)CNC2)n(CC)n1. The van der Waals surface area contributed by atoms with Crippen LogP contribution in [0.1, 0.15) is 30.8 Å². The van der Waals surface area contributed by atoms with E-state index in [4.69, 9.17) is 0 Å². The van der Waals surface area contributed by atoms with Crippen LogP contribution >= 0.6 is 0 Å². The molecule has 0 aliphatic carbocycles. The van der Waals surface area contributed by atoms with Crippen molar-refractivity contribution in [1.82, 2.24) is 15.1 Å². The maximum atomic E-state index is 14.2. The standard InChI is InChI=1S/C17H22FN3/c1-3-13-9-14(21(4-2)20-13)10-17(11-19-12-17)15-7-5-6-8-16(15)18/h5-9,19H,3-4,10-12H2,1-2H3. The van der Waals surface area contributed by atoms with E-state index in [2.05, 4.69) is 35.0 Å². The Hall–Kier alpha value is -1.68. The summed E-state index contributed by atoms with van der Waals surface area (Å²) in [6.45, 7) is 6.72.